The Morgan fingerprint density at radius 3 is 1.09 bits per heavy atom. The summed E-state index contributed by atoms with van der Waals surface area (Å²) < 4.78 is 34.9. The molecular formula is C107H113Cl3F2N20O6. The van der Waals surface area contributed by atoms with Gasteiger partial charge in [0.1, 0.15) is 57.9 Å². The minimum Gasteiger partial charge on any atom is -0.366 e. The van der Waals surface area contributed by atoms with Crippen LogP contribution >= 0.6 is 34.8 Å². The number of benzene rings is 3. The molecule has 3 aromatic carbocycles. The number of pyridine rings is 7. The maximum absolute atomic E-state index is 15.2. The lowest BCUT2D eigenvalue weighted by molar-refractivity contribution is -0.127. The maximum atomic E-state index is 15.2. The molecule has 1 aliphatic carbocycles. The van der Waals surface area contributed by atoms with Gasteiger partial charge in [-0.05, 0) is 142 Å². The SMILES string of the molecule is C#Cc1c(N2CCN(C(=O)/C=C/CNC3CC3)CC2)c2cc(Cl)c(-c3ccccc3F)nc2n(-c2c(C(C)C)ncnc2C(C)C)c1=O.C#Cc1c(N2CCN(C(=O)C=C)CC2)c2cc(Cl)c(-c3ccccc3CN(C)C)nc2n(-c2c(C(C)C)ncnc2C(C)C)c1=O.C#Cc1c(N2CCN(C(=O)C=C)CC2)c2cc(Cl)c(-c3ccccc3F)nc2n(-c2c(CN(C)C)ccnc2C(C)C)c1=O. The van der Waals surface area contributed by atoms with Crippen LogP contribution in [0.1, 0.15) is 168 Å². The Bertz CT molecular complexity index is 7070. The Labute approximate surface area is 818 Å². The van der Waals surface area contributed by atoms with E-state index >= 15 is 8.78 Å². The van der Waals surface area contributed by atoms with Crippen molar-refractivity contribution in [2.75, 3.05) is 128 Å². The summed E-state index contributed by atoms with van der Waals surface area (Å²) in [5, 5.41) is 5.94. The molecule has 12 heterocycles. The van der Waals surface area contributed by atoms with Gasteiger partial charge >= 0.3 is 0 Å². The fourth-order valence-corrected chi connectivity index (χ4v) is 18.8. The van der Waals surface area contributed by atoms with Crippen molar-refractivity contribution in [1.29, 1.82) is 0 Å². The number of nitrogens with zero attached hydrogens (tertiary/aromatic N) is 19. The minimum atomic E-state index is -0.493. The van der Waals surface area contributed by atoms with E-state index in [-0.39, 0.29) is 113 Å². The largest absolute Gasteiger partial charge is 0.366 e. The third-order valence-electron chi connectivity index (χ3n) is 24.8. The average Bonchev–Trinajstić information content (AvgIpc) is 1.04. The molecule has 16 rings (SSSR count). The van der Waals surface area contributed by atoms with Crippen LogP contribution in [-0.4, -0.2) is 215 Å². The van der Waals surface area contributed by atoms with Gasteiger partial charge in [0.2, 0.25) is 17.7 Å². The molecule has 3 aliphatic heterocycles. The third kappa shape index (κ3) is 20.7. The van der Waals surface area contributed by atoms with Crippen molar-refractivity contribution in [3.05, 3.63) is 267 Å². The second-order valence-corrected chi connectivity index (χ2v) is 37.8. The van der Waals surface area contributed by atoms with Crippen LogP contribution in [0.3, 0.4) is 0 Å². The van der Waals surface area contributed by atoms with E-state index in [9.17, 15) is 28.8 Å². The van der Waals surface area contributed by atoms with Crippen LogP contribution in [-0.2, 0) is 27.5 Å². The van der Waals surface area contributed by atoms with Crippen LogP contribution in [0, 0.1) is 48.7 Å². The third-order valence-corrected chi connectivity index (χ3v) is 25.7. The van der Waals surface area contributed by atoms with Gasteiger partial charge in [-0.1, -0.05) is 190 Å². The van der Waals surface area contributed by atoms with Crippen molar-refractivity contribution < 1.29 is 23.2 Å². The highest BCUT2D eigenvalue weighted by molar-refractivity contribution is 6.35. The molecule has 31 heteroatoms. The monoisotopic (exact) mass is 1920 g/mol. The zero-order valence-corrected chi connectivity index (χ0v) is 82.5. The number of terminal acetylenes is 3. The summed E-state index contributed by atoms with van der Waals surface area (Å²) in [7, 11) is 7.91. The molecule has 0 radical (unpaired) electrons. The lowest BCUT2D eigenvalue weighted by Crippen LogP contribution is -2.49. The zero-order valence-electron chi connectivity index (χ0n) is 80.2. The normalized spacial score (nSPS) is 14.1. The molecule has 1 N–H and O–H groups in total. The second kappa shape index (κ2) is 43.4. The van der Waals surface area contributed by atoms with E-state index in [2.05, 4.69) is 77.0 Å². The number of hydrogen-bond donors (Lipinski definition) is 1. The van der Waals surface area contributed by atoms with Crippen LogP contribution in [0.5, 0.6) is 0 Å². The molecule has 1 saturated carbocycles. The number of anilines is 3. The first-order valence-corrected chi connectivity index (χ1v) is 47.4. The summed E-state index contributed by atoms with van der Waals surface area (Å²) >= 11 is 20.9. The van der Waals surface area contributed by atoms with Crippen LogP contribution in [0.4, 0.5) is 25.8 Å². The Morgan fingerprint density at radius 1 is 0.442 bits per heavy atom. The number of carbonyl (C=O) groups is 3. The average molecular weight is 1920 g/mol. The number of halogens is 5. The van der Waals surface area contributed by atoms with Gasteiger partial charge in [0, 0.05) is 149 Å². The zero-order chi connectivity index (χ0) is 99.1. The van der Waals surface area contributed by atoms with E-state index in [1.165, 1.54) is 52.6 Å². The summed E-state index contributed by atoms with van der Waals surface area (Å²) in [6.07, 6.45) is 31.6. The quantitative estimate of drug-likeness (QED) is 0.0435. The van der Waals surface area contributed by atoms with Crippen LogP contribution < -0.4 is 36.7 Å². The number of carbonyl (C=O) groups excluding carboxylic acids is 3. The van der Waals surface area contributed by atoms with Crippen molar-refractivity contribution in [3.8, 4) is 87.9 Å². The lowest BCUT2D eigenvalue weighted by atomic mass is 9.99. The van der Waals surface area contributed by atoms with Gasteiger partial charge in [-0.2, -0.15) is 0 Å². The molecule has 0 spiro atoms. The Morgan fingerprint density at radius 2 is 0.761 bits per heavy atom. The number of rotatable bonds is 24. The summed E-state index contributed by atoms with van der Waals surface area (Å²) in [6.45, 7) is 34.5. The van der Waals surface area contributed by atoms with Crippen molar-refractivity contribution in [3.63, 3.8) is 0 Å². The van der Waals surface area contributed by atoms with Gasteiger partial charge < -0.3 is 44.5 Å². The van der Waals surface area contributed by atoms with E-state index in [0.29, 0.717) is 188 Å². The van der Waals surface area contributed by atoms with Crippen molar-refractivity contribution in [2.24, 2.45) is 0 Å². The minimum absolute atomic E-state index is 0.0190. The smallest absolute Gasteiger partial charge is 0.274 e. The Kier molecular flexibility index (Phi) is 31.5. The molecular weight excluding hydrogens is 1810 g/mol. The van der Waals surface area contributed by atoms with E-state index in [0.717, 1.165) is 28.1 Å². The second-order valence-electron chi connectivity index (χ2n) is 36.6. The number of aromatic nitrogens is 11. The van der Waals surface area contributed by atoms with E-state index in [1.54, 1.807) is 86.4 Å². The number of amides is 3. The highest BCUT2D eigenvalue weighted by atomic mass is 35.5. The molecule has 12 aromatic rings. The Balaban J connectivity index is 0.000000165. The number of hydrogen-bond acceptors (Lipinski definition) is 20. The standard InChI is InChI=1S/C37H39ClFN7O2.C36H40ClN7O2.C34H34ClFN6O2/c1-6-25-34(45-18-16-44(17-19-45)30(47)12-9-15-40-24-13-14-24)27-20-28(38)33(26-10-7-8-11-29(26)39)43-36(27)46(37(25)48)35-31(22(2)3)41-21-42-32(35)23(4)5;1-9-25-33(43-17-15-42(16-18-43)29(45)10-2)27-19-28(37)32(26-14-12-11-13-24(26)20-41(7)8)40-35(27)44(36(25)46)34-30(22(3)4)38-21-39-31(34)23(5)6;1-7-23-32(41-17-15-40(16-18-41)28(43)8-2)25-19-26(35)30(24-11-9-10-12-27(24)36)38-33(25)42(34(23)44)31-22(20-39(5)6)13-14-37-29(31)21(3)4/h1,7-12,20-24,40H,13-19H2,2-5H3;1,10-14,19,21-23H,2,15-18,20H2,3-8H3;1,8-14,19,21H,2,15-18,20H2,3-6H3/b12-9+;;. The van der Waals surface area contributed by atoms with Gasteiger partial charge in [0.05, 0.1) is 94.7 Å². The van der Waals surface area contributed by atoms with Crippen LogP contribution in [0.2, 0.25) is 15.1 Å². The number of fused-ring (bicyclic) bond motifs is 3. The van der Waals surface area contributed by atoms with Gasteiger partial charge in [-0.15, -0.1) is 19.3 Å². The van der Waals surface area contributed by atoms with Gasteiger partial charge in [-0.3, -0.25) is 47.5 Å². The lowest BCUT2D eigenvalue weighted by Gasteiger charge is -2.37. The van der Waals surface area contributed by atoms with E-state index in [4.69, 9.17) is 69.0 Å². The first-order chi connectivity index (χ1) is 66.1. The highest BCUT2D eigenvalue weighted by Crippen LogP contribution is 2.44. The molecule has 0 atom stereocenters. The summed E-state index contributed by atoms with van der Waals surface area (Å²) in [5.41, 5.74) is 11.1. The topological polar surface area (TPSA) is 258 Å². The summed E-state index contributed by atoms with van der Waals surface area (Å²) in [6, 6.07) is 28.2. The molecule has 3 amide bonds. The van der Waals surface area contributed by atoms with Gasteiger partial charge in [-0.25, -0.2) is 43.7 Å². The molecule has 4 fully saturated rings. The molecule has 138 heavy (non-hydrogen) atoms. The first-order valence-electron chi connectivity index (χ1n) is 46.2. The molecule has 0 bridgehead atoms. The van der Waals surface area contributed by atoms with Crippen molar-refractivity contribution in [1.82, 2.24) is 83.4 Å². The number of nitrogens with one attached hydrogen (secondary N) is 1. The predicted octanol–water partition coefficient (Wildman–Crippen LogP) is 16.7. The molecule has 4 aliphatic rings. The fraction of sp³-hybridized carbons (Fsp3) is 0.346. The predicted molar refractivity (Wildman–Crippen MR) is 548 cm³/mol. The van der Waals surface area contributed by atoms with E-state index in [1.807, 2.05) is 149 Å². The molecule has 0 unspecified atom stereocenters. The van der Waals surface area contributed by atoms with Crippen LogP contribution in [0.15, 0.2) is 168 Å². The highest BCUT2D eigenvalue weighted by Gasteiger charge is 2.37. The summed E-state index contributed by atoms with van der Waals surface area (Å²) in [5.74, 6) is 6.49. The van der Waals surface area contributed by atoms with Crippen molar-refractivity contribution >= 4 is 103 Å². The number of piperazine rings is 3. The molecule has 26 nitrogen and oxygen atoms in total. The molecule has 3 saturated heterocycles. The van der Waals surface area contributed by atoms with Crippen molar-refractivity contribution in [2.45, 2.75) is 131 Å². The van der Waals surface area contributed by atoms with Crippen LogP contribution in [0.25, 0.3) is 83.9 Å². The summed E-state index contributed by atoms with van der Waals surface area (Å²) in [4.78, 5) is 135. The molecule has 9 aromatic heterocycles. The van der Waals surface area contributed by atoms with Gasteiger partial charge in [0.15, 0.2) is 0 Å². The van der Waals surface area contributed by atoms with E-state index < -0.39 is 22.8 Å². The fourth-order valence-electron chi connectivity index (χ4n) is 18.0. The Hall–Kier alpha value is -13.6. The maximum Gasteiger partial charge on any atom is 0.274 e. The van der Waals surface area contributed by atoms with Gasteiger partial charge in [0.25, 0.3) is 16.7 Å². The first kappa shape index (κ1) is 100. The molecule has 712 valence electrons.